The number of rotatable bonds is 7. The number of carbonyl (C=O) groups is 2. The molecule has 2 amide bonds. The average molecular weight is 402 g/mol. The van der Waals surface area contributed by atoms with Gasteiger partial charge in [-0.05, 0) is 35.0 Å². The van der Waals surface area contributed by atoms with Gasteiger partial charge in [0.1, 0.15) is 0 Å². The number of pyridine rings is 1. The Kier molecular flexibility index (Phi) is 5.61. The number of fused-ring (bicyclic) bond motifs is 1. The van der Waals surface area contributed by atoms with Crippen molar-refractivity contribution in [2.45, 2.75) is 6.42 Å². The predicted octanol–water partition coefficient (Wildman–Crippen LogP) is 2.55. The first-order chi connectivity index (χ1) is 14.7. The first-order valence-corrected chi connectivity index (χ1v) is 9.25. The highest BCUT2D eigenvalue weighted by atomic mass is 16.5. The molecule has 0 aliphatic rings. The minimum atomic E-state index is -0.336. The molecule has 3 N–H and O–H groups in total. The van der Waals surface area contributed by atoms with Gasteiger partial charge in [-0.3, -0.25) is 20.0 Å². The molecule has 2 aromatic heterocycles. The van der Waals surface area contributed by atoms with Crippen LogP contribution in [0.1, 0.15) is 16.8 Å². The van der Waals surface area contributed by atoms with E-state index in [2.05, 4.69) is 31.3 Å². The van der Waals surface area contributed by atoms with Crippen molar-refractivity contribution in [2.75, 3.05) is 12.0 Å². The second kappa shape index (κ2) is 8.82. The Balaban J connectivity index is 1.23. The molecule has 2 heterocycles. The van der Waals surface area contributed by atoms with E-state index in [0.29, 0.717) is 11.4 Å². The highest BCUT2D eigenvalue weighted by Gasteiger charge is 2.10. The molecule has 0 radical (unpaired) electrons. The van der Waals surface area contributed by atoms with E-state index in [1.807, 2.05) is 36.4 Å². The smallest absolute Gasteiger partial charge is 0.340 e. The molecule has 9 nitrogen and oxygen atoms in total. The van der Waals surface area contributed by atoms with E-state index in [1.54, 1.807) is 30.6 Å². The summed E-state index contributed by atoms with van der Waals surface area (Å²) in [5.41, 5.74) is 6.29. The highest BCUT2D eigenvalue weighted by Crippen LogP contribution is 2.16. The van der Waals surface area contributed by atoms with Crippen LogP contribution in [-0.2, 0) is 4.79 Å². The van der Waals surface area contributed by atoms with Crippen molar-refractivity contribution in [3.8, 4) is 11.4 Å². The van der Waals surface area contributed by atoms with Gasteiger partial charge in [-0.15, -0.1) is 0 Å². The van der Waals surface area contributed by atoms with E-state index in [9.17, 15) is 9.59 Å². The van der Waals surface area contributed by atoms with E-state index in [-0.39, 0.29) is 30.8 Å². The fourth-order valence-electron chi connectivity index (χ4n) is 2.80. The van der Waals surface area contributed by atoms with E-state index < -0.39 is 0 Å². The molecular formula is C21H18N6O3. The van der Waals surface area contributed by atoms with Crippen molar-refractivity contribution in [1.29, 1.82) is 0 Å². The number of nitrogens with zero attached hydrogens (tertiary/aromatic N) is 3. The number of benzene rings is 2. The van der Waals surface area contributed by atoms with E-state index in [4.69, 9.17) is 4.52 Å². The third kappa shape index (κ3) is 4.58. The summed E-state index contributed by atoms with van der Waals surface area (Å²) in [6.07, 6.45) is 3.32. The van der Waals surface area contributed by atoms with E-state index >= 15 is 0 Å². The third-order valence-corrected chi connectivity index (χ3v) is 4.32. The van der Waals surface area contributed by atoms with Gasteiger partial charge in [0.2, 0.25) is 11.7 Å². The lowest BCUT2D eigenvalue weighted by Crippen LogP contribution is -2.33. The molecule has 0 bridgehead atoms. The Hall–Kier alpha value is -4.27. The zero-order valence-electron chi connectivity index (χ0n) is 15.8. The molecule has 0 saturated heterocycles. The minimum Gasteiger partial charge on any atom is -0.352 e. The molecule has 30 heavy (non-hydrogen) atoms. The van der Waals surface area contributed by atoms with Gasteiger partial charge >= 0.3 is 6.01 Å². The monoisotopic (exact) mass is 402 g/mol. The van der Waals surface area contributed by atoms with E-state index in [1.165, 1.54) is 0 Å². The SMILES string of the molecule is O=C(CCNC(=O)c1ccc2ccccc2c1)NNc1nc(-c2ccncc2)no1. The van der Waals surface area contributed by atoms with Crippen molar-refractivity contribution < 1.29 is 14.1 Å². The van der Waals surface area contributed by atoms with Crippen molar-refractivity contribution in [1.82, 2.24) is 25.9 Å². The summed E-state index contributed by atoms with van der Waals surface area (Å²) in [6, 6.07) is 16.8. The van der Waals surface area contributed by atoms with Gasteiger partial charge in [0, 0.05) is 36.5 Å². The minimum absolute atomic E-state index is 0.0513. The van der Waals surface area contributed by atoms with Crippen LogP contribution in [0.2, 0.25) is 0 Å². The molecule has 4 rings (SSSR count). The molecule has 0 fully saturated rings. The first kappa shape index (κ1) is 19.1. The Morgan fingerprint density at radius 2 is 1.77 bits per heavy atom. The summed E-state index contributed by atoms with van der Waals surface area (Å²) in [5, 5.41) is 8.60. The standard InChI is InChI=1S/C21H18N6O3/c28-18(25-26-21-24-19(27-30-21)15-7-10-22-11-8-15)9-12-23-20(29)17-6-5-14-3-1-2-4-16(14)13-17/h1-8,10-11,13H,9,12H2,(H,23,29)(H,25,28)(H,24,26,27). The lowest BCUT2D eigenvalue weighted by atomic mass is 10.1. The second-order valence-electron chi connectivity index (χ2n) is 6.40. The van der Waals surface area contributed by atoms with Crippen LogP contribution in [0.4, 0.5) is 6.01 Å². The van der Waals surface area contributed by atoms with Crippen LogP contribution in [0.15, 0.2) is 71.5 Å². The van der Waals surface area contributed by atoms with Crippen molar-refractivity contribution in [3.05, 3.63) is 72.6 Å². The van der Waals surface area contributed by atoms with Crippen molar-refractivity contribution >= 4 is 28.6 Å². The van der Waals surface area contributed by atoms with E-state index in [0.717, 1.165) is 16.3 Å². The Labute approximate surface area is 171 Å². The summed E-state index contributed by atoms with van der Waals surface area (Å²) in [4.78, 5) is 32.3. The molecular weight excluding hydrogens is 384 g/mol. The maximum Gasteiger partial charge on any atom is 0.340 e. The molecule has 0 spiro atoms. The summed E-state index contributed by atoms with van der Waals surface area (Å²) in [7, 11) is 0. The number of amides is 2. The third-order valence-electron chi connectivity index (χ3n) is 4.32. The molecule has 0 saturated carbocycles. The number of hydrogen-bond acceptors (Lipinski definition) is 7. The number of aromatic nitrogens is 3. The number of hydrazine groups is 1. The number of carbonyl (C=O) groups excluding carboxylic acids is 2. The van der Waals surface area contributed by atoms with Crippen LogP contribution in [0.25, 0.3) is 22.2 Å². The zero-order valence-corrected chi connectivity index (χ0v) is 15.8. The average Bonchev–Trinajstić information content (AvgIpc) is 3.27. The number of hydrogen-bond donors (Lipinski definition) is 3. The Morgan fingerprint density at radius 1 is 0.967 bits per heavy atom. The molecule has 4 aromatic rings. The maximum atomic E-state index is 12.3. The number of anilines is 1. The van der Waals surface area contributed by atoms with Gasteiger partial charge in [-0.2, -0.15) is 4.98 Å². The molecule has 0 atom stereocenters. The van der Waals surface area contributed by atoms with Crippen molar-refractivity contribution in [2.24, 2.45) is 0 Å². The number of nitrogens with one attached hydrogen (secondary N) is 3. The quantitative estimate of drug-likeness (QED) is 0.406. The summed E-state index contributed by atoms with van der Waals surface area (Å²) in [6.45, 7) is 0.186. The molecule has 9 heteroatoms. The fraction of sp³-hybridized carbons (Fsp3) is 0.0952. The second-order valence-corrected chi connectivity index (χ2v) is 6.40. The summed E-state index contributed by atoms with van der Waals surface area (Å²) in [5.74, 6) is -0.199. The van der Waals surface area contributed by atoms with Gasteiger partial charge in [-0.1, -0.05) is 35.5 Å². The summed E-state index contributed by atoms with van der Waals surface area (Å²) >= 11 is 0. The first-order valence-electron chi connectivity index (χ1n) is 9.25. The van der Waals surface area contributed by atoms with Crippen LogP contribution < -0.4 is 16.2 Å². The largest absolute Gasteiger partial charge is 0.352 e. The van der Waals surface area contributed by atoms with Crippen molar-refractivity contribution in [3.63, 3.8) is 0 Å². The van der Waals surface area contributed by atoms with Crippen LogP contribution in [0.5, 0.6) is 0 Å². The molecule has 0 aliphatic carbocycles. The van der Waals surface area contributed by atoms with Gasteiger partial charge in [0.15, 0.2) is 0 Å². The molecule has 150 valence electrons. The Bertz CT molecular complexity index is 1180. The molecule has 0 aliphatic heterocycles. The topological polar surface area (TPSA) is 122 Å². The van der Waals surface area contributed by atoms with Gasteiger partial charge < -0.3 is 9.84 Å². The highest BCUT2D eigenvalue weighted by molar-refractivity contribution is 5.98. The molecule has 2 aromatic carbocycles. The van der Waals surface area contributed by atoms with Gasteiger partial charge in [0.25, 0.3) is 5.91 Å². The molecule has 0 unspecified atom stereocenters. The lowest BCUT2D eigenvalue weighted by Gasteiger charge is -2.07. The van der Waals surface area contributed by atoms with Gasteiger partial charge in [-0.25, -0.2) is 5.43 Å². The summed E-state index contributed by atoms with van der Waals surface area (Å²) < 4.78 is 5.03. The maximum absolute atomic E-state index is 12.3. The predicted molar refractivity (Wildman–Crippen MR) is 110 cm³/mol. The van der Waals surface area contributed by atoms with Crippen LogP contribution >= 0.6 is 0 Å². The van der Waals surface area contributed by atoms with Crippen LogP contribution in [0, 0.1) is 0 Å². The van der Waals surface area contributed by atoms with Crippen LogP contribution in [-0.4, -0.2) is 33.5 Å². The zero-order chi connectivity index (χ0) is 20.8. The fourth-order valence-corrected chi connectivity index (χ4v) is 2.80. The Morgan fingerprint density at radius 3 is 2.60 bits per heavy atom. The lowest BCUT2D eigenvalue weighted by molar-refractivity contribution is -0.120. The normalized spacial score (nSPS) is 10.5. The van der Waals surface area contributed by atoms with Crippen LogP contribution in [0.3, 0.4) is 0 Å². The van der Waals surface area contributed by atoms with Gasteiger partial charge in [0.05, 0.1) is 0 Å².